The molecular weight excluding hydrogens is 268 g/mol. The summed E-state index contributed by atoms with van der Waals surface area (Å²) in [4.78, 5) is 24.6. The van der Waals surface area contributed by atoms with E-state index >= 15 is 0 Å². The van der Waals surface area contributed by atoms with Crippen molar-refractivity contribution in [1.82, 2.24) is 10.6 Å². The third-order valence-electron chi connectivity index (χ3n) is 4.03. The molecule has 2 amide bonds. The van der Waals surface area contributed by atoms with Crippen LogP contribution in [0.15, 0.2) is 12.2 Å². The monoisotopic (exact) mass is 284 g/mol. The Morgan fingerprint density at radius 2 is 2.00 bits per heavy atom. The van der Waals surface area contributed by atoms with E-state index in [2.05, 4.69) is 17.2 Å². The van der Waals surface area contributed by atoms with Gasteiger partial charge in [0.2, 0.25) is 5.72 Å². The Bertz CT molecular complexity index is 518. The molecule has 110 valence electrons. The molecule has 0 saturated carbocycles. The molecule has 3 heterocycles. The molecule has 3 unspecified atom stereocenters. The molecule has 0 aromatic heterocycles. The minimum absolute atomic E-state index is 0.265. The molecule has 3 aliphatic heterocycles. The zero-order valence-electron chi connectivity index (χ0n) is 10.9. The second-order valence-corrected chi connectivity index (χ2v) is 5.58. The lowest BCUT2D eigenvalue weighted by Crippen LogP contribution is -2.78. The van der Waals surface area contributed by atoms with Gasteiger partial charge >= 0.3 is 0 Å². The first-order valence-electron chi connectivity index (χ1n) is 6.26. The molecule has 4 N–H and O–H groups in total. The second kappa shape index (κ2) is 3.79. The van der Waals surface area contributed by atoms with Gasteiger partial charge in [0, 0.05) is 0 Å². The lowest BCUT2D eigenvalue weighted by Gasteiger charge is -2.43. The molecule has 0 aromatic rings. The van der Waals surface area contributed by atoms with Crippen LogP contribution >= 0.6 is 0 Å². The Kier molecular flexibility index (Phi) is 2.56. The van der Waals surface area contributed by atoms with E-state index in [0.717, 1.165) is 0 Å². The third kappa shape index (κ3) is 1.44. The highest BCUT2D eigenvalue weighted by Crippen LogP contribution is 2.38. The van der Waals surface area contributed by atoms with Gasteiger partial charge in [-0.2, -0.15) is 0 Å². The number of carbonyl (C=O) groups is 2. The first-order chi connectivity index (χ1) is 9.25. The van der Waals surface area contributed by atoms with Crippen LogP contribution in [0.2, 0.25) is 0 Å². The van der Waals surface area contributed by atoms with Crippen molar-refractivity contribution in [1.29, 1.82) is 0 Å². The van der Waals surface area contributed by atoms with Crippen molar-refractivity contribution in [3.63, 3.8) is 0 Å². The van der Waals surface area contributed by atoms with Crippen LogP contribution in [0.3, 0.4) is 0 Å². The largest absolute Gasteiger partial charge is 0.385 e. The summed E-state index contributed by atoms with van der Waals surface area (Å²) >= 11 is 0. The Labute approximate surface area is 114 Å². The second-order valence-electron chi connectivity index (χ2n) is 5.58. The van der Waals surface area contributed by atoms with Crippen LogP contribution in [0.1, 0.15) is 13.3 Å². The smallest absolute Gasteiger partial charge is 0.280 e. The Morgan fingerprint density at radius 3 is 2.50 bits per heavy atom. The first-order valence-corrected chi connectivity index (χ1v) is 6.26. The summed E-state index contributed by atoms with van der Waals surface area (Å²) in [6.45, 7) is 5.03. The highest BCUT2D eigenvalue weighted by molar-refractivity contribution is 6.03. The first kappa shape index (κ1) is 13.5. The highest BCUT2D eigenvalue weighted by atomic mass is 16.6. The van der Waals surface area contributed by atoms with Gasteiger partial charge in [0.1, 0.15) is 11.7 Å². The molecule has 2 spiro atoms. The van der Waals surface area contributed by atoms with Crippen molar-refractivity contribution in [2.75, 3.05) is 13.2 Å². The minimum Gasteiger partial charge on any atom is -0.385 e. The van der Waals surface area contributed by atoms with E-state index in [-0.39, 0.29) is 13.2 Å². The van der Waals surface area contributed by atoms with Gasteiger partial charge in [-0.05, 0) is 18.9 Å². The van der Waals surface area contributed by atoms with Gasteiger partial charge in [0.15, 0.2) is 0 Å². The van der Waals surface area contributed by atoms with Gasteiger partial charge in [0.05, 0.1) is 13.2 Å². The molecule has 0 radical (unpaired) electrons. The number of aliphatic hydroxyl groups excluding tert-OH is 1. The molecule has 3 aliphatic rings. The van der Waals surface area contributed by atoms with E-state index < -0.39 is 35.0 Å². The van der Waals surface area contributed by atoms with Crippen molar-refractivity contribution in [3.05, 3.63) is 12.2 Å². The number of nitrogens with one attached hydrogen (secondary N) is 2. The van der Waals surface area contributed by atoms with Gasteiger partial charge in [-0.3, -0.25) is 9.59 Å². The van der Waals surface area contributed by atoms with E-state index in [9.17, 15) is 19.8 Å². The number of hydrogen-bond acceptors (Lipinski definition) is 6. The van der Waals surface area contributed by atoms with Crippen LogP contribution in [0, 0.1) is 0 Å². The Hall–Kier alpha value is -1.48. The van der Waals surface area contributed by atoms with Crippen molar-refractivity contribution >= 4 is 11.8 Å². The predicted molar refractivity (Wildman–Crippen MR) is 64.0 cm³/mol. The van der Waals surface area contributed by atoms with Gasteiger partial charge in [0.25, 0.3) is 17.5 Å². The summed E-state index contributed by atoms with van der Waals surface area (Å²) in [7, 11) is 0. The molecule has 3 fully saturated rings. The van der Waals surface area contributed by atoms with Crippen LogP contribution in [0.4, 0.5) is 0 Å². The molecule has 20 heavy (non-hydrogen) atoms. The molecule has 0 bridgehead atoms. The van der Waals surface area contributed by atoms with E-state index in [4.69, 9.17) is 9.47 Å². The predicted octanol–water partition coefficient (Wildman–Crippen LogP) is -2.26. The number of aliphatic hydroxyl groups is 2. The van der Waals surface area contributed by atoms with Crippen LogP contribution in [0.25, 0.3) is 0 Å². The Balaban J connectivity index is 1.95. The molecular formula is C12H16N2O6. The van der Waals surface area contributed by atoms with Gasteiger partial charge in [-0.15, -0.1) is 0 Å². The van der Waals surface area contributed by atoms with E-state index in [0.29, 0.717) is 12.0 Å². The van der Waals surface area contributed by atoms with E-state index in [1.165, 1.54) is 6.92 Å². The molecule has 0 aromatic carbocycles. The number of amides is 2. The maximum atomic E-state index is 12.3. The number of rotatable bonds is 0. The minimum atomic E-state index is -2.00. The number of carbonyl (C=O) groups excluding carboxylic acids is 2. The zero-order chi connectivity index (χ0) is 14.8. The van der Waals surface area contributed by atoms with Gasteiger partial charge in [-0.25, -0.2) is 0 Å². The molecule has 0 aliphatic carbocycles. The average molecular weight is 284 g/mol. The number of ether oxygens (including phenoxy) is 2. The lowest BCUT2D eigenvalue weighted by atomic mass is 9.90. The maximum absolute atomic E-state index is 12.3. The zero-order valence-corrected chi connectivity index (χ0v) is 10.9. The average Bonchev–Trinajstić information content (AvgIpc) is 2.83. The Morgan fingerprint density at radius 1 is 1.30 bits per heavy atom. The fourth-order valence-electron chi connectivity index (χ4n) is 2.73. The van der Waals surface area contributed by atoms with Gasteiger partial charge in [-0.1, -0.05) is 6.58 Å². The fraction of sp³-hybridized carbons (Fsp3) is 0.667. The van der Waals surface area contributed by atoms with Crippen molar-refractivity contribution in [2.45, 2.75) is 36.5 Å². The third-order valence-corrected chi connectivity index (χ3v) is 4.03. The highest BCUT2D eigenvalue weighted by Gasteiger charge is 2.67. The van der Waals surface area contributed by atoms with Crippen molar-refractivity contribution in [3.8, 4) is 0 Å². The van der Waals surface area contributed by atoms with Crippen molar-refractivity contribution in [2.24, 2.45) is 0 Å². The summed E-state index contributed by atoms with van der Waals surface area (Å²) < 4.78 is 10.5. The van der Waals surface area contributed by atoms with Crippen LogP contribution in [-0.2, 0) is 19.1 Å². The molecule has 4 atom stereocenters. The van der Waals surface area contributed by atoms with Crippen LogP contribution in [0.5, 0.6) is 0 Å². The molecule has 3 saturated heterocycles. The number of piperazine rings is 1. The summed E-state index contributed by atoms with van der Waals surface area (Å²) in [5.41, 5.74) is -4.82. The van der Waals surface area contributed by atoms with Crippen LogP contribution < -0.4 is 10.6 Å². The molecule has 8 heteroatoms. The fourth-order valence-corrected chi connectivity index (χ4v) is 2.73. The SMILES string of the molecule is C=C1CCOC12NC(=O)C1(NC2=O)OC[C@](C)(O)C1O. The molecule has 3 rings (SSSR count). The lowest BCUT2D eigenvalue weighted by molar-refractivity contribution is -0.186. The normalized spacial score (nSPS) is 48.0. The molecule has 8 nitrogen and oxygen atoms in total. The van der Waals surface area contributed by atoms with Crippen LogP contribution in [-0.4, -0.2) is 58.4 Å². The standard InChI is InChI=1S/C12H16N2O6/c1-6-3-4-19-11(6)8(16)14-12(9(17)13-11)7(15)10(2,18)5-20-12/h7,15,18H,1,3-5H2,2H3,(H,13,17)(H,14,16)/t7?,10-,11?,12?/m0/s1. The van der Waals surface area contributed by atoms with E-state index in [1.54, 1.807) is 0 Å². The maximum Gasteiger partial charge on any atom is 0.280 e. The topological polar surface area (TPSA) is 117 Å². The van der Waals surface area contributed by atoms with Gasteiger partial charge < -0.3 is 30.3 Å². The van der Waals surface area contributed by atoms with Crippen molar-refractivity contribution < 1.29 is 29.3 Å². The summed E-state index contributed by atoms with van der Waals surface area (Å²) in [5.74, 6) is -1.44. The summed E-state index contributed by atoms with van der Waals surface area (Å²) in [5, 5.41) is 24.8. The number of hydrogen-bond donors (Lipinski definition) is 4. The summed E-state index contributed by atoms with van der Waals surface area (Å²) in [6.07, 6.45) is -1.15. The summed E-state index contributed by atoms with van der Waals surface area (Å²) in [6, 6.07) is 0. The van der Waals surface area contributed by atoms with E-state index in [1.807, 2.05) is 0 Å². The quantitative estimate of drug-likeness (QED) is 0.373.